The summed E-state index contributed by atoms with van der Waals surface area (Å²) in [6.07, 6.45) is 7.05. The van der Waals surface area contributed by atoms with E-state index in [0.717, 1.165) is 12.3 Å². The van der Waals surface area contributed by atoms with Crippen LogP contribution in [0.4, 0.5) is 0 Å². The van der Waals surface area contributed by atoms with E-state index >= 15 is 0 Å². The van der Waals surface area contributed by atoms with Crippen molar-refractivity contribution in [1.82, 2.24) is 5.32 Å². The van der Waals surface area contributed by atoms with Crippen LogP contribution >= 0.6 is 0 Å². The summed E-state index contributed by atoms with van der Waals surface area (Å²) in [5.74, 6) is 1.03. The molecule has 106 valence electrons. The molecule has 1 unspecified atom stereocenters. The van der Waals surface area contributed by atoms with Gasteiger partial charge in [0.2, 0.25) is 0 Å². The van der Waals surface area contributed by atoms with Crippen LogP contribution in [-0.4, -0.2) is 18.7 Å². The van der Waals surface area contributed by atoms with Gasteiger partial charge in [0.1, 0.15) is 11.9 Å². The number of aryl methyl sites for hydroxylation is 1. The molecular formula is C17H27NO. The molecule has 2 rings (SSSR count). The van der Waals surface area contributed by atoms with Crippen molar-refractivity contribution in [1.29, 1.82) is 0 Å². The van der Waals surface area contributed by atoms with Crippen molar-refractivity contribution < 1.29 is 4.74 Å². The average molecular weight is 261 g/mol. The molecule has 0 bridgehead atoms. The summed E-state index contributed by atoms with van der Waals surface area (Å²) in [6, 6.07) is 6.98. The zero-order chi connectivity index (χ0) is 13.7. The van der Waals surface area contributed by atoms with Crippen LogP contribution in [0.1, 0.15) is 50.2 Å². The molecule has 19 heavy (non-hydrogen) atoms. The molecule has 0 radical (unpaired) electrons. The number of nitrogens with one attached hydrogen (secondary N) is 1. The quantitative estimate of drug-likeness (QED) is 0.865. The van der Waals surface area contributed by atoms with Crippen molar-refractivity contribution in [2.45, 2.75) is 65.0 Å². The smallest absolute Gasteiger partial charge is 0.122 e. The molecule has 1 N–H and O–H groups in total. The van der Waals surface area contributed by atoms with Gasteiger partial charge >= 0.3 is 0 Å². The Kier molecular flexibility index (Phi) is 5.26. The highest BCUT2D eigenvalue weighted by Crippen LogP contribution is 2.22. The second-order valence-electron chi connectivity index (χ2n) is 5.87. The van der Waals surface area contributed by atoms with Gasteiger partial charge in [-0.2, -0.15) is 0 Å². The lowest BCUT2D eigenvalue weighted by molar-refractivity contribution is 0.204. The van der Waals surface area contributed by atoms with Gasteiger partial charge in [-0.25, -0.2) is 0 Å². The first-order chi connectivity index (χ1) is 9.16. The van der Waals surface area contributed by atoms with Crippen molar-refractivity contribution in [2.24, 2.45) is 0 Å². The summed E-state index contributed by atoms with van der Waals surface area (Å²) < 4.78 is 6.05. The lowest BCUT2D eigenvalue weighted by Gasteiger charge is -2.25. The van der Waals surface area contributed by atoms with Crippen molar-refractivity contribution >= 4 is 0 Å². The van der Waals surface area contributed by atoms with Gasteiger partial charge in [0.15, 0.2) is 0 Å². The molecule has 0 amide bonds. The van der Waals surface area contributed by atoms with Crippen molar-refractivity contribution in [2.75, 3.05) is 6.54 Å². The van der Waals surface area contributed by atoms with Gasteiger partial charge in [0.05, 0.1) is 0 Å². The topological polar surface area (TPSA) is 21.3 Å². The predicted octanol–water partition coefficient (Wildman–Crippen LogP) is 3.99. The summed E-state index contributed by atoms with van der Waals surface area (Å²) in [5.41, 5.74) is 2.55. The zero-order valence-electron chi connectivity index (χ0n) is 12.5. The monoisotopic (exact) mass is 261 g/mol. The lowest BCUT2D eigenvalue weighted by Crippen LogP contribution is -2.37. The van der Waals surface area contributed by atoms with Gasteiger partial charge in [0.25, 0.3) is 0 Å². The number of benzene rings is 1. The van der Waals surface area contributed by atoms with E-state index in [1.165, 1.54) is 43.2 Å². The van der Waals surface area contributed by atoms with Crippen molar-refractivity contribution in [3.63, 3.8) is 0 Å². The third-order valence-electron chi connectivity index (χ3n) is 4.18. The lowest BCUT2D eigenvalue weighted by atomic mass is 9.95. The van der Waals surface area contributed by atoms with E-state index in [1.807, 2.05) is 0 Å². The molecule has 1 aliphatic rings. The first-order valence-electron chi connectivity index (χ1n) is 7.63. The van der Waals surface area contributed by atoms with Gasteiger partial charge < -0.3 is 10.1 Å². The van der Waals surface area contributed by atoms with Crippen molar-refractivity contribution in [3.8, 4) is 5.75 Å². The minimum Gasteiger partial charge on any atom is -0.489 e. The summed E-state index contributed by atoms with van der Waals surface area (Å²) in [7, 11) is 0. The normalized spacial score (nSPS) is 18.3. The van der Waals surface area contributed by atoms with Crippen LogP contribution in [0.3, 0.4) is 0 Å². The first kappa shape index (κ1) is 14.4. The van der Waals surface area contributed by atoms with Crippen LogP contribution in [0.5, 0.6) is 5.75 Å². The van der Waals surface area contributed by atoms with E-state index in [0.29, 0.717) is 6.04 Å². The Morgan fingerprint density at radius 1 is 1.21 bits per heavy atom. The standard InChI is InChI=1S/C17H27NO/c1-13-8-7-11-17(15(13)3)19-14(2)12-18-16-9-5-4-6-10-16/h7-8,11,14,16,18H,4-6,9-10,12H2,1-3H3. The van der Waals surface area contributed by atoms with Gasteiger partial charge in [-0.05, 0) is 50.8 Å². The molecule has 1 atom stereocenters. The fourth-order valence-electron chi connectivity index (χ4n) is 2.75. The van der Waals surface area contributed by atoms with Crippen LogP contribution in [0, 0.1) is 13.8 Å². The SMILES string of the molecule is Cc1cccc(OC(C)CNC2CCCCC2)c1C. The Balaban J connectivity index is 1.80. The summed E-state index contributed by atoms with van der Waals surface area (Å²) in [5, 5.41) is 3.65. The molecule has 1 saturated carbocycles. The van der Waals surface area contributed by atoms with Crippen molar-refractivity contribution in [3.05, 3.63) is 29.3 Å². The Hall–Kier alpha value is -1.02. The minimum absolute atomic E-state index is 0.224. The van der Waals surface area contributed by atoms with E-state index in [4.69, 9.17) is 4.74 Å². The molecule has 0 saturated heterocycles. The molecule has 1 aromatic carbocycles. The Labute approximate surface area is 117 Å². The molecule has 0 aromatic heterocycles. The molecule has 1 aliphatic carbocycles. The maximum absolute atomic E-state index is 6.05. The van der Waals surface area contributed by atoms with E-state index in [-0.39, 0.29) is 6.10 Å². The Bertz CT molecular complexity index is 396. The molecule has 2 heteroatoms. The molecule has 0 spiro atoms. The van der Waals surface area contributed by atoms with Gasteiger partial charge in [0, 0.05) is 12.6 Å². The number of hydrogen-bond donors (Lipinski definition) is 1. The first-order valence-corrected chi connectivity index (χ1v) is 7.63. The van der Waals surface area contributed by atoms with Crippen LogP contribution in [-0.2, 0) is 0 Å². The molecule has 2 nitrogen and oxygen atoms in total. The summed E-state index contributed by atoms with van der Waals surface area (Å²) >= 11 is 0. The third kappa shape index (κ3) is 4.24. The Morgan fingerprint density at radius 2 is 1.95 bits per heavy atom. The van der Waals surface area contributed by atoms with E-state index in [2.05, 4.69) is 44.3 Å². The number of rotatable bonds is 5. The molecule has 1 aromatic rings. The third-order valence-corrected chi connectivity index (χ3v) is 4.18. The van der Waals surface area contributed by atoms with E-state index in [1.54, 1.807) is 0 Å². The molecular weight excluding hydrogens is 234 g/mol. The average Bonchev–Trinajstić information content (AvgIpc) is 2.43. The predicted molar refractivity (Wildman–Crippen MR) is 80.9 cm³/mol. The highest BCUT2D eigenvalue weighted by molar-refractivity contribution is 5.38. The fourth-order valence-corrected chi connectivity index (χ4v) is 2.75. The summed E-state index contributed by atoms with van der Waals surface area (Å²) in [4.78, 5) is 0. The minimum atomic E-state index is 0.224. The zero-order valence-corrected chi connectivity index (χ0v) is 12.5. The van der Waals surface area contributed by atoms with Gasteiger partial charge in [-0.1, -0.05) is 31.4 Å². The van der Waals surface area contributed by atoms with Gasteiger partial charge in [-0.3, -0.25) is 0 Å². The van der Waals surface area contributed by atoms with Crippen LogP contribution in [0.15, 0.2) is 18.2 Å². The van der Waals surface area contributed by atoms with Gasteiger partial charge in [-0.15, -0.1) is 0 Å². The van der Waals surface area contributed by atoms with Crippen LogP contribution < -0.4 is 10.1 Å². The largest absolute Gasteiger partial charge is 0.489 e. The Morgan fingerprint density at radius 3 is 2.68 bits per heavy atom. The molecule has 0 aliphatic heterocycles. The number of hydrogen-bond acceptors (Lipinski definition) is 2. The van der Waals surface area contributed by atoms with E-state index < -0.39 is 0 Å². The fraction of sp³-hybridized carbons (Fsp3) is 0.647. The van der Waals surface area contributed by atoms with E-state index in [9.17, 15) is 0 Å². The maximum Gasteiger partial charge on any atom is 0.122 e. The summed E-state index contributed by atoms with van der Waals surface area (Å²) in [6.45, 7) is 7.36. The highest BCUT2D eigenvalue weighted by atomic mass is 16.5. The maximum atomic E-state index is 6.05. The molecule has 0 heterocycles. The second-order valence-corrected chi connectivity index (χ2v) is 5.87. The van der Waals surface area contributed by atoms with Crippen LogP contribution in [0.25, 0.3) is 0 Å². The molecule has 1 fully saturated rings. The highest BCUT2D eigenvalue weighted by Gasteiger charge is 2.14. The second kappa shape index (κ2) is 6.95. The number of ether oxygens (including phenoxy) is 1. The van der Waals surface area contributed by atoms with Crippen LogP contribution in [0.2, 0.25) is 0 Å².